The molecule has 0 spiro atoms. The van der Waals surface area contributed by atoms with Crippen LogP contribution >= 0.6 is 0 Å². The number of benzene rings is 1. The number of halogens is 1. The van der Waals surface area contributed by atoms with Gasteiger partial charge in [-0.25, -0.2) is 4.39 Å². The van der Waals surface area contributed by atoms with Crippen molar-refractivity contribution in [1.29, 1.82) is 0 Å². The van der Waals surface area contributed by atoms with Gasteiger partial charge in [-0.2, -0.15) is 0 Å². The lowest BCUT2D eigenvalue weighted by molar-refractivity contribution is -0.124. The van der Waals surface area contributed by atoms with E-state index >= 15 is 0 Å². The van der Waals surface area contributed by atoms with Crippen LogP contribution in [0.25, 0.3) is 0 Å². The molecule has 0 aliphatic carbocycles. The molecular formula is C14H16FNO2. The second-order valence-electron chi connectivity index (χ2n) is 5.25. The number of hydrogen-bond acceptors (Lipinski definition) is 2. The van der Waals surface area contributed by atoms with Crippen LogP contribution in [-0.4, -0.2) is 28.7 Å². The molecule has 2 rings (SSSR count). The van der Waals surface area contributed by atoms with Crippen molar-refractivity contribution >= 4 is 11.7 Å². The fourth-order valence-corrected chi connectivity index (χ4v) is 2.17. The molecular weight excluding hydrogens is 233 g/mol. The lowest BCUT2D eigenvalue weighted by Crippen LogP contribution is -2.53. The Morgan fingerprint density at radius 1 is 1.39 bits per heavy atom. The lowest BCUT2D eigenvalue weighted by Gasteiger charge is -2.41. The minimum Gasteiger partial charge on any atom is -0.326 e. The van der Waals surface area contributed by atoms with Crippen molar-refractivity contribution in [2.24, 2.45) is 0 Å². The molecule has 0 bridgehead atoms. The van der Waals surface area contributed by atoms with Crippen LogP contribution in [0.1, 0.15) is 37.0 Å². The summed E-state index contributed by atoms with van der Waals surface area (Å²) in [7, 11) is 0. The van der Waals surface area contributed by atoms with Gasteiger partial charge in [-0.05, 0) is 38.5 Å². The molecule has 1 aliphatic rings. The highest BCUT2D eigenvalue weighted by atomic mass is 19.1. The van der Waals surface area contributed by atoms with Gasteiger partial charge >= 0.3 is 0 Å². The quantitative estimate of drug-likeness (QED) is 0.766. The molecule has 1 aromatic carbocycles. The van der Waals surface area contributed by atoms with E-state index in [0.29, 0.717) is 12.8 Å². The lowest BCUT2D eigenvalue weighted by atomic mass is 9.89. The van der Waals surface area contributed by atoms with Crippen LogP contribution in [0, 0.1) is 5.82 Å². The molecule has 1 amide bonds. The van der Waals surface area contributed by atoms with Crippen LogP contribution in [0.15, 0.2) is 24.3 Å². The van der Waals surface area contributed by atoms with Gasteiger partial charge in [0, 0.05) is 17.5 Å². The van der Waals surface area contributed by atoms with Gasteiger partial charge in [-0.1, -0.05) is 6.07 Å². The van der Waals surface area contributed by atoms with E-state index in [1.54, 1.807) is 6.07 Å². The Hall–Kier alpha value is -1.71. The van der Waals surface area contributed by atoms with Gasteiger partial charge in [0.1, 0.15) is 5.82 Å². The SMILES string of the molecule is CC1(C)CCC(=O)CN1C(=O)c1cccc(F)c1. The summed E-state index contributed by atoms with van der Waals surface area (Å²) in [5.74, 6) is -0.673. The monoisotopic (exact) mass is 249 g/mol. The maximum absolute atomic E-state index is 13.1. The average molecular weight is 249 g/mol. The van der Waals surface area contributed by atoms with E-state index in [1.807, 2.05) is 13.8 Å². The minimum atomic E-state index is -0.443. The molecule has 1 aromatic rings. The minimum absolute atomic E-state index is 0.0547. The highest BCUT2D eigenvalue weighted by Gasteiger charge is 2.36. The predicted molar refractivity (Wildman–Crippen MR) is 65.8 cm³/mol. The third-order valence-electron chi connectivity index (χ3n) is 3.40. The number of amides is 1. The van der Waals surface area contributed by atoms with Crippen molar-refractivity contribution in [2.75, 3.05) is 6.54 Å². The standard InChI is InChI=1S/C14H16FNO2/c1-14(2)7-6-12(17)9-16(14)13(18)10-4-3-5-11(15)8-10/h3-5,8H,6-7,9H2,1-2H3. The zero-order valence-corrected chi connectivity index (χ0v) is 10.6. The van der Waals surface area contributed by atoms with Gasteiger partial charge in [-0.3, -0.25) is 9.59 Å². The average Bonchev–Trinajstić information content (AvgIpc) is 2.31. The first-order valence-corrected chi connectivity index (χ1v) is 5.99. The number of piperidine rings is 1. The zero-order valence-electron chi connectivity index (χ0n) is 10.6. The van der Waals surface area contributed by atoms with Crippen molar-refractivity contribution in [1.82, 2.24) is 4.90 Å². The molecule has 0 saturated carbocycles. The molecule has 18 heavy (non-hydrogen) atoms. The van der Waals surface area contributed by atoms with E-state index in [1.165, 1.54) is 23.1 Å². The van der Waals surface area contributed by atoms with Crippen LogP contribution in [0.5, 0.6) is 0 Å². The molecule has 0 atom stereocenters. The first-order valence-electron chi connectivity index (χ1n) is 5.99. The van der Waals surface area contributed by atoms with Crippen LogP contribution < -0.4 is 0 Å². The fourth-order valence-electron chi connectivity index (χ4n) is 2.17. The third-order valence-corrected chi connectivity index (χ3v) is 3.40. The Morgan fingerprint density at radius 3 is 2.78 bits per heavy atom. The van der Waals surface area contributed by atoms with E-state index in [4.69, 9.17) is 0 Å². The van der Waals surface area contributed by atoms with Gasteiger partial charge in [0.05, 0.1) is 6.54 Å². The summed E-state index contributed by atoms with van der Waals surface area (Å²) in [5.41, 5.74) is -0.0742. The van der Waals surface area contributed by atoms with E-state index in [2.05, 4.69) is 0 Å². The van der Waals surface area contributed by atoms with Gasteiger partial charge in [-0.15, -0.1) is 0 Å². The first-order chi connectivity index (χ1) is 8.40. The normalized spacial score (nSPS) is 18.8. The Morgan fingerprint density at radius 2 is 2.11 bits per heavy atom. The molecule has 4 heteroatoms. The molecule has 0 N–H and O–H groups in total. The Kier molecular flexibility index (Phi) is 3.20. The number of hydrogen-bond donors (Lipinski definition) is 0. The highest BCUT2D eigenvalue weighted by molar-refractivity contribution is 5.98. The van der Waals surface area contributed by atoms with Crippen LogP contribution in [0.4, 0.5) is 4.39 Å². The first kappa shape index (κ1) is 12.7. The Balaban J connectivity index is 2.29. The Bertz CT molecular complexity index is 496. The fraction of sp³-hybridized carbons (Fsp3) is 0.429. The van der Waals surface area contributed by atoms with Crippen LogP contribution in [0.3, 0.4) is 0 Å². The predicted octanol–water partition coefficient (Wildman–Crippen LogP) is 2.41. The van der Waals surface area contributed by atoms with Gasteiger partial charge < -0.3 is 4.90 Å². The molecule has 0 unspecified atom stereocenters. The summed E-state index contributed by atoms with van der Waals surface area (Å²) < 4.78 is 13.1. The number of nitrogens with zero attached hydrogens (tertiary/aromatic N) is 1. The van der Waals surface area contributed by atoms with E-state index < -0.39 is 5.82 Å². The van der Waals surface area contributed by atoms with Gasteiger partial charge in [0.25, 0.3) is 5.91 Å². The van der Waals surface area contributed by atoms with E-state index in [-0.39, 0.29) is 29.3 Å². The maximum atomic E-state index is 13.1. The highest BCUT2D eigenvalue weighted by Crippen LogP contribution is 2.27. The topological polar surface area (TPSA) is 37.4 Å². The summed E-state index contributed by atoms with van der Waals surface area (Å²) in [5, 5.41) is 0. The summed E-state index contributed by atoms with van der Waals surface area (Å²) >= 11 is 0. The molecule has 1 fully saturated rings. The maximum Gasteiger partial charge on any atom is 0.254 e. The summed E-state index contributed by atoms with van der Waals surface area (Å²) in [6.45, 7) is 3.97. The molecule has 3 nitrogen and oxygen atoms in total. The van der Waals surface area contributed by atoms with Crippen molar-refractivity contribution in [3.05, 3.63) is 35.6 Å². The molecule has 96 valence electrons. The summed E-state index contributed by atoms with van der Waals surface area (Å²) in [6.07, 6.45) is 1.15. The van der Waals surface area contributed by atoms with E-state index in [9.17, 15) is 14.0 Å². The molecule has 0 radical (unpaired) electrons. The number of rotatable bonds is 1. The van der Waals surface area contributed by atoms with Crippen molar-refractivity contribution in [3.63, 3.8) is 0 Å². The number of likely N-dealkylation sites (tertiary alicyclic amines) is 1. The summed E-state index contributed by atoms with van der Waals surface area (Å²) in [4.78, 5) is 25.4. The Labute approximate surface area is 106 Å². The third kappa shape index (κ3) is 2.42. The number of carbonyl (C=O) groups excluding carboxylic acids is 2. The van der Waals surface area contributed by atoms with Crippen molar-refractivity contribution < 1.29 is 14.0 Å². The summed E-state index contributed by atoms with van der Waals surface area (Å²) in [6, 6.07) is 5.57. The second-order valence-corrected chi connectivity index (χ2v) is 5.25. The molecule has 1 heterocycles. The number of carbonyl (C=O) groups is 2. The smallest absolute Gasteiger partial charge is 0.254 e. The van der Waals surface area contributed by atoms with Gasteiger partial charge in [0.15, 0.2) is 5.78 Å². The van der Waals surface area contributed by atoms with Crippen LogP contribution in [0.2, 0.25) is 0 Å². The number of Topliss-reactive ketones (excluding diaryl/α,β-unsaturated/α-hetero) is 1. The second kappa shape index (κ2) is 4.52. The zero-order chi connectivity index (χ0) is 13.3. The van der Waals surface area contributed by atoms with Crippen molar-refractivity contribution in [2.45, 2.75) is 32.2 Å². The van der Waals surface area contributed by atoms with E-state index in [0.717, 1.165) is 0 Å². The van der Waals surface area contributed by atoms with Crippen molar-refractivity contribution in [3.8, 4) is 0 Å². The molecule has 0 aromatic heterocycles. The van der Waals surface area contributed by atoms with Gasteiger partial charge in [0.2, 0.25) is 0 Å². The molecule has 1 aliphatic heterocycles. The van der Waals surface area contributed by atoms with Crippen LogP contribution in [-0.2, 0) is 4.79 Å². The molecule has 1 saturated heterocycles. The largest absolute Gasteiger partial charge is 0.326 e. The number of ketones is 1.